The number of hydrogen-bond donors (Lipinski definition) is 1. The highest BCUT2D eigenvalue weighted by Crippen LogP contribution is 2.31. The van der Waals surface area contributed by atoms with Crippen molar-refractivity contribution in [3.63, 3.8) is 0 Å². The molecule has 25 heavy (non-hydrogen) atoms. The fourth-order valence-electron chi connectivity index (χ4n) is 2.82. The van der Waals surface area contributed by atoms with Crippen molar-refractivity contribution < 1.29 is 4.79 Å². The van der Waals surface area contributed by atoms with E-state index >= 15 is 0 Å². The SMILES string of the molecule is Cc1c(C(C)(C)C)nn(-c2ccccc2)c1NC(=O)Cn1cccn1. The predicted octanol–water partition coefficient (Wildman–Crippen LogP) is 3.31. The Bertz CT molecular complexity index is 857. The molecule has 0 unspecified atom stereocenters. The van der Waals surface area contributed by atoms with Crippen LogP contribution in [0, 0.1) is 6.92 Å². The Morgan fingerprint density at radius 1 is 1.16 bits per heavy atom. The third-order valence-corrected chi connectivity index (χ3v) is 3.96. The van der Waals surface area contributed by atoms with Crippen LogP contribution < -0.4 is 5.32 Å². The summed E-state index contributed by atoms with van der Waals surface area (Å²) in [5.74, 6) is 0.567. The molecule has 0 radical (unpaired) electrons. The molecule has 3 rings (SSSR count). The Morgan fingerprint density at radius 3 is 2.48 bits per heavy atom. The molecule has 6 heteroatoms. The number of hydrogen-bond acceptors (Lipinski definition) is 3. The Labute approximate surface area is 147 Å². The Kier molecular flexibility index (Phi) is 4.44. The third-order valence-electron chi connectivity index (χ3n) is 3.96. The van der Waals surface area contributed by atoms with Gasteiger partial charge in [-0.15, -0.1) is 0 Å². The van der Waals surface area contributed by atoms with E-state index in [0.717, 1.165) is 16.9 Å². The number of carbonyl (C=O) groups excluding carboxylic acids is 1. The van der Waals surface area contributed by atoms with Gasteiger partial charge >= 0.3 is 0 Å². The van der Waals surface area contributed by atoms with E-state index in [9.17, 15) is 4.79 Å². The number of nitrogens with one attached hydrogen (secondary N) is 1. The summed E-state index contributed by atoms with van der Waals surface area (Å²) in [5, 5.41) is 11.9. The van der Waals surface area contributed by atoms with Crippen molar-refractivity contribution in [2.45, 2.75) is 39.7 Å². The molecule has 0 spiro atoms. The second-order valence-electron chi connectivity index (χ2n) is 7.07. The molecule has 0 saturated carbocycles. The van der Waals surface area contributed by atoms with Crippen molar-refractivity contribution in [2.75, 3.05) is 5.32 Å². The molecule has 2 heterocycles. The van der Waals surface area contributed by atoms with E-state index in [1.54, 1.807) is 27.8 Å². The van der Waals surface area contributed by atoms with Gasteiger partial charge in [0, 0.05) is 23.4 Å². The smallest absolute Gasteiger partial charge is 0.247 e. The van der Waals surface area contributed by atoms with Crippen molar-refractivity contribution in [3.05, 3.63) is 60.0 Å². The first-order valence-corrected chi connectivity index (χ1v) is 8.29. The highest BCUT2D eigenvalue weighted by Gasteiger charge is 2.25. The van der Waals surface area contributed by atoms with Gasteiger partial charge in [0.05, 0.1) is 11.4 Å². The molecule has 3 aromatic rings. The van der Waals surface area contributed by atoms with Crippen LogP contribution in [0.15, 0.2) is 48.8 Å². The maximum atomic E-state index is 12.5. The fraction of sp³-hybridized carbons (Fsp3) is 0.316. The number of rotatable bonds is 4. The van der Waals surface area contributed by atoms with Crippen molar-refractivity contribution in [3.8, 4) is 5.69 Å². The highest BCUT2D eigenvalue weighted by atomic mass is 16.2. The summed E-state index contributed by atoms with van der Waals surface area (Å²) in [5.41, 5.74) is 2.73. The molecule has 0 aliphatic carbocycles. The minimum Gasteiger partial charge on any atom is -0.309 e. The van der Waals surface area contributed by atoms with Gasteiger partial charge in [-0.2, -0.15) is 10.2 Å². The lowest BCUT2D eigenvalue weighted by Gasteiger charge is -2.16. The third kappa shape index (κ3) is 3.63. The first-order chi connectivity index (χ1) is 11.9. The van der Waals surface area contributed by atoms with E-state index in [4.69, 9.17) is 5.10 Å². The second-order valence-corrected chi connectivity index (χ2v) is 7.07. The van der Waals surface area contributed by atoms with E-state index in [0.29, 0.717) is 5.82 Å². The second kappa shape index (κ2) is 6.55. The molecule has 2 aromatic heterocycles. The van der Waals surface area contributed by atoms with Crippen molar-refractivity contribution in [1.29, 1.82) is 0 Å². The minimum absolute atomic E-state index is 0.119. The molecule has 1 aromatic carbocycles. The maximum absolute atomic E-state index is 12.5. The quantitative estimate of drug-likeness (QED) is 0.794. The average molecular weight is 337 g/mol. The van der Waals surface area contributed by atoms with Crippen LogP contribution in [0.1, 0.15) is 32.0 Å². The Morgan fingerprint density at radius 2 is 1.88 bits per heavy atom. The number of nitrogens with zero attached hydrogens (tertiary/aromatic N) is 4. The lowest BCUT2D eigenvalue weighted by molar-refractivity contribution is -0.116. The Balaban J connectivity index is 1.98. The largest absolute Gasteiger partial charge is 0.309 e. The highest BCUT2D eigenvalue weighted by molar-refractivity contribution is 5.90. The number of aromatic nitrogens is 4. The zero-order valence-corrected chi connectivity index (χ0v) is 15.0. The molecule has 0 bridgehead atoms. The average Bonchev–Trinajstić information content (AvgIpc) is 3.17. The van der Waals surface area contributed by atoms with Crippen LogP contribution in [-0.2, 0) is 16.8 Å². The van der Waals surface area contributed by atoms with Gasteiger partial charge in [-0.1, -0.05) is 39.0 Å². The monoisotopic (exact) mass is 337 g/mol. The van der Waals surface area contributed by atoms with Crippen LogP contribution in [0.3, 0.4) is 0 Å². The summed E-state index contributed by atoms with van der Waals surface area (Å²) in [6.07, 6.45) is 3.42. The Hall–Kier alpha value is -2.89. The number of anilines is 1. The number of carbonyl (C=O) groups is 1. The summed E-state index contributed by atoms with van der Waals surface area (Å²) in [4.78, 5) is 12.5. The van der Waals surface area contributed by atoms with Crippen LogP contribution in [0.2, 0.25) is 0 Å². The molecular weight excluding hydrogens is 314 g/mol. The van der Waals surface area contributed by atoms with Gasteiger partial charge in [-0.05, 0) is 25.1 Å². The van der Waals surface area contributed by atoms with E-state index in [2.05, 4.69) is 31.2 Å². The lowest BCUT2D eigenvalue weighted by atomic mass is 9.90. The molecule has 1 N–H and O–H groups in total. The predicted molar refractivity (Wildman–Crippen MR) is 97.9 cm³/mol. The summed E-state index contributed by atoms with van der Waals surface area (Å²) in [6, 6.07) is 11.6. The summed E-state index contributed by atoms with van der Waals surface area (Å²) < 4.78 is 3.40. The zero-order valence-electron chi connectivity index (χ0n) is 15.0. The minimum atomic E-state index is -0.135. The molecule has 0 fully saturated rings. The van der Waals surface area contributed by atoms with E-state index < -0.39 is 0 Å². The molecule has 0 atom stereocenters. The maximum Gasteiger partial charge on any atom is 0.247 e. The molecule has 0 aliphatic rings. The van der Waals surface area contributed by atoms with Gasteiger partial charge in [-0.25, -0.2) is 4.68 Å². The topological polar surface area (TPSA) is 64.7 Å². The van der Waals surface area contributed by atoms with Crippen LogP contribution >= 0.6 is 0 Å². The standard InChI is InChI=1S/C19H23N5O/c1-14-17(19(2,3)4)22-24(15-9-6-5-7-10-15)18(14)21-16(25)13-23-12-8-11-20-23/h5-12H,13H2,1-4H3,(H,21,25). The molecule has 130 valence electrons. The van der Waals surface area contributed by atoms with Crippen molar-refractivity contribution in [1.82, 2.24) is 19.6 Å². The lowest BCUT2D eigenvalue weighted by Crippen LogP contribution is -2.21. The normalized spacial score (nSPS) is 11.5. The van der Waals surface area contributed by atoms with Gasteiger partial charge in [0.25, 0.3) is 0 Å². The van der Waals surface area contributed by atoms with E-state index in [-0.39, 0.29) is 17.9 Å². The summed E-state index contributed by atoms with van der Waals surface area (Å²) in [7, 11) is 0. The van der Waals surface area contributed by atoms with Crippen LogP contribution in [-0.4, -0.2) is 25.5 Å². The van der Waals surface area contributed by atoms with E-state index in [1.165, 1.54) is 0 Å². The number of para-hydroxylation sites is 1. The van der Waals surface area contributed by atoms with Gasteiger partial charge in [0.1, 0.15) is 12.4 Å². The van der Waals surface area contributed by atoms with Gasteiger partial charge in [-0.3, -0.25) is 9.48 Å². The van der Waals surface area contributed by atoms with Crippen molar-refractivity contribution >= 4 is 11.7 Å². The van der Waals surface area contributed by atoms with Crippen LogP contribution in [0.25, 0.3) is 5.69 Å². The van der Waals surface area contributed by atoms with Crippen molar-refractivity contribution in [2.24, 2.45) is 0 Å². The molecule has 1 amide bonds. The first kappa shape index (κ1) is 17.0. The number of amides is 1. The molecular formula is C19H23N5O. The molecule has 6 nitrogen and oxygen atoms in total. The summed E-state index contributed by atoms with van der Waals surface area (Å²) in [6.45, 7) is 8.51. The summed E-state index contributed by atoms with van der Waals surface area (Å²) >= 11 is 0. The zero-order chi connectivity index (χ0) is 18.0. The van der Waals surface area contributed by atoms with Crippen LogP contribution in [0.4, 0.5) is 5.82 Å². The number of benzene rings is 1. The first-order valence-electron chi connectivity index (χ1n) is 8.29. The van der Waals surface area contributed by atoms with E-state index in [1.807, 2.05) is 37.3 Å². The van der Waals surface area contributed by atoms with Gasteiger partial charge < -0.3 is 5.32 Å². The van der Waals surface area contributed by atoms with Gasteiger partial charge in [0.2, 0.25) is 5.91 Å². The molecule has 0 saturated heterocycles. The van der Waals surface area contributed by atoms with Crippen LogP contribution in [0.5, 0.6) is 0 Å². The van der Waals surface area contributed by atoms with Gasteiger partial charge in [0.15, 0.2) is 0 Å². The molecule has 0 aliphatic heterocycles. The fourth-order valence-corrected chi connectivity index (χ4v) is 2.82.